The molecule has 0 aromatic heterocycles. The minimum Gasteiger partial charge on any atom is -0.481 e. The summed E-state index contributed by atoms with van der Waals surface area (Å²) in [7, 11) is 0. The summed E-state index contributed by atoms with van der Waals surface area (Å²) in [5, 5.41) is 18.9. The summed E-state index contributed by atoms with van der Waals surface area (Å²) in [5.74, 6) is -0.695. The topological polar surface area (TPSA) is 57.5 Å². The average molecular weight is 401 g/mol. The molecule has 29 heavy (non-hydrogen) atoms. The first-order valence-electron chi connectivity index (χ1n) is 11.4. The van der Waals surface area contributed by atoms with Crippen LogP contribution in [0.1, 0.15) is 89.5 Å². The Kier molecular flexibility index (Phi) is 14.8. The van der Waals surface area contributed by atoms with Crippen LogP contribution >= 0.6 is 0 Å². The highest BCUT2D eigenvalue weighted by Crippen LogP contribution is 2.15. The molecule has 1 unspecified atom stereocenters. The van der Waals surface area contributed by atoms with Crippen LogP contribution in [0, 0.1) is 0 Å². The second-order valence-electron chi connectivity index (χ2n) is 7.89. The van der Waals surface area contributed by atoms with Crippen LogP contribution in [0.4, 0.5) is 0 Å². The highest BCUT2D eigenvalue weighted by molar-refractivity contribution is 5.66. The van der Waals surface area contributed by atoms with Gasteiger partial charge in [0.2, 0.25) is 0 Å². The van der Waals surface area contributed by atoms with Crippen LogP contribution in [0.25, 0.3) is 0 Å². The number of rotatable bonds is 17. The minimum absolute atomic E-state index is 0.287. The third-order valence-electron chi connectivity index (χ3n) is 5.18. The Morgan fingerprint density at radius 2 is 1.69 bits per heavy atom. The van der Waals surface area contributed by atoms with E-state index >= 15 is 0 Å². The van der Waals surface area contributed by atoms with E-state index in [1.54, 1.807) is 0 Å². The third kappa shape index (κ3) is 14.7. The van der Waals surface area contributed by atoms with Gasteiger partial charge in [0.15, 0.2) is 0 Å². The fourth-order valence-corrected chi connectivity index (χ4v) is 3.36. The molecule has 0 aliphatic carbocycles. The van der Waals surface area contributed by atoms with Gasteiger partial charge in [0.25, 0.3) is 0 Å². The van der Waals surface area contributed by atoms with Crippen molar-refractivity contribution < 1.29 is 15.0 Å². The Morgan fingerprint density at radius 3 is 2.41 bits per heavy atom. The number of carboxylic acid groups (broad SMARTS) is 1. The zero-order valence-corrected chi connectivity index (χ0v) is 18.2. The molecule has 0 heterocycles. The van der Waals surface area contributed by atoms with Gasteiger partial charge >= 0.3 is 5.97 Å². The zero-order valence-electron chi connectivity index (χ0n) is 18.2. The largest absolute Gasteiger partial charge is 0.481 e. The molecule has 3 nitrogen and oxygen atoms in total. The summed E-state index contributed by atoms with van der Waals surface area (Å²) in [6.07, 6.45) is 18.8. The molecule has 0 spiro atoms. The van der Waals surface area contributed by atoms with Gasteiger partial charge in [-0.2, -0.15) is 0 Å². The van der Waals surface area contributed by atoms with Gasteiger partial charge in [0.05, 0.1) is 6.10 Å². The number of benzene rings is 1. The lowest BCUT2D eigenvalue weighted by atomic mass is 10.0. The number of aliphatic hydroxyl groups is 1. The van der Waals surface area contributed by atoms with Crippen LogP contribution in [-0.2, 0) is 11.2 Å². The van der Waals surface area contributed by atoms with Gasteiger partial charge in [0.1, 0.15) is 0 Å². The smallest absolute Gasteiger partial charge is 0.303 e. The average Bonchev–Trinajstić information content (AvgIpc) is 2.72. The summed E-state index contributed by atoms with van der Waals surface area (Å²) >= 11 is 0. The molecule has 1 atom stereocenters. The van der Waals surface area contributed by atoms with E-state index in [1.807, 2.05) is 12.1 Å². The Labute approximate surface area is 177 Å². The highest BCUT2D eigenvalue weighted by Gasteiger charge is 2.01. The second kappa shape index (κ2) is 17.0. The number of hydrogen-bond acceptors (Lipinski definition) is 2. The van der Waals surface area contributed by atoms with Gasteiger partial charge in [-0.25, -0.2) is 0 Å². The molecule has 0 saturated heterocycles. The van der Waals surface area contributed by atoms with E-state index in [-0.39, 0.29) is 12.5 Å². The van der Waals surface area contributed by atoms with Gasteiger partial charge in [0, 0.05) is 6.42 Å². The predicted molar refractivity (Wildman–Crippen MR) is 122 cm³/mol. The van der Waals surface area contributed by atoms with Crippen LogP contribution in [0.15, 0.2) is 54.1 Å². The van der Waals surface area contributed by atoms with Crippen molar-refractivity contribution in [1.82, 2.24) is 0 Å². The van der Waals surface area contributed by atoms with Gasteiger partial charge < -0.3 is 10.2 Å². The highest BCUT2D eigenvalue weighted by atomic mass is 16.4. The minimum atomic E-state index is -0.695. The van der Waals surface area contributed by atoms with Crippen molar-refractivity contribution in [3.63, 3.8) is 0 Å². The number of unbranched alkanes of at least 4 members (excludes halogenated alkanes) is 7. The monoisotopic (exact) mass is 400 g/mol. The number of carboxylic acids is 1. The van der Waals surface area contributed by atoms with Gasteiger partial charge in [-0.15, -0.1) is 0 Å². The molecular formula is C26H40O3. The van der Waals surface area contributed by atoms with E-state index in [0.29, 0.717) is 0 Å². The fraction of sp³-hybridized carbons (Fsp3) is 0.577. The first-order chi connectivity index (χ1) is 14.1. The molecule has 2 N–H and O–H groups in total. The molecule has 3 heteroatoms. The van der Waals surface area contributed by atoms with Gasteiger partial charge in [-0.05, 0) is 44.1 Å². The van der Waals surface area contributed by atoms with E-state index in [9.17, 15) is 9.90 Å². The molecule has 1 aromatic carbocycles. The number of carbonyl (C=O) groups is 1. The molecule has 0 bridgehead atoms. The quantitative estimate of drug-likeness (QED) is 0.222. The molecule has 0 fully saturated rings. The van der Waals surface area contributed by atoms with Crippen molar-refractivity contribution in [1.29, 1.82) is 0 Å². The molecule has 162 valence electrons. The maximum atomic E-state index is 10.5. The number of aryl methyl sites for hydroxylation is 1. The van der Waals surface area contributed by atoms with E-state index in [1.165, 1.54) is 24.0 Å². The van der Waals surface area contributed by atoms with Gasteiger partial charge in [-0.3, -0.25) is 4.79 Å². The Balaban J connectivity index is 2.43. The maximum absolute atomic E-state index is 10.5. The molecule has 0 radical (unpaired) electrons. The lowest BCUT2D eigenvalue weighted by molar-refractivity contribution is -0.137. The van der Waals surface area contributed by atoms with E-state index in [2.05, 4.69) is 43.3 Å². The molecule has 0 aliphatic heterocycles. The molecule has 0 saturated carbocycles. The lowest BCUT2D eigenvalue weighted by Gasteiger charge is -2.07. The van der Waals surface area contributed by atoms with Crippen molar-refractivity contribution in [2.75, 3.05) is 0 Å². The van der Waals surface area contributed by atoms with Crippen LogP contribution in [-0.4, -0.2) is 22.3 Å². The van der Waals surface area contributed by atoms with Crippen molar-refractivity contribution in [3.8, 4) is 0 Å². The normalized spacial score (nSPS) is 13.1. The number of aliphatic hydroxyl groups excluding tert-OH is 1. The van der Waals surface area contributed by atoms with Crippen molar-refractivity contribution >= 4 is 5.97 Å². The van der Waals surface area contributed by atoms with E-state index in [0.717, 1.165) is 64.2 Å². The van der Waals surface area contributed by atoms with E-state index < -0.39 is 5.97 Å². The maximum Gasteiger partial charge on any atom is 0.303 e. The molecule has 0 amide bonds. The van der Waals surface area contributed by atoms with E-state index in [4.69, 9.17) is 5.11 Å². The van der Waals surface area contributed by atoms with Crippen molar-refractivity contribution in [2.24, 2.45) is 0 Å². The zero-order chi connectivity index (χ0) is 21.2. The molecular weight excluding hydrogens is 360 g/mol. The summed E-state index contributed by atoms with van der Waals surface area (Å²) in [4.78, 5) is 10.5. The van der Waals surface area contributed by atoms with Crippen LogP contribution in [0.5, 0.6) is 0 Å². The SMILES string of the molecule is CCCCCC(O)C=CC(=CCCCCCCCC(=O)O)CCc1ccccc1. The van der Waals surface area contributed by atoms with Crippen LogP contribution in [0.2, 0.25) is 0 Å². The van der Waals surface area contributed by atoms with Gasteiger partial charge in [-0.1, -0.05) is 99.6 Å². The molecule has 1 rings (SSSR count). The van der Waals surface area contributed by atoms with Crippen LogP contribution < -0.4 is 0 Å². The first kappa shape index (κ1) is 25.2. The third-order valence-corrected chi connectivity index (χ3v) is 5.18. The first-order valence-corrected chi connectivity index (χ1v) is 11.4. The summed E-state index contributed by atoms with van der Waals surface area (Å²) in [5.41, 5.74) is 2.64. The Morgan fingerprint density at radius 1 is 0.966 bits per heavy atom. The van der Waals surface area contributed by atoms with Crippen molar-refractivity contribution in [2.45, 2.75) is 96.5 Å². The molecule has 0 aliphatic rings. The standard InChI is InChI=1S/C26H40O3/c1-2-3-9-17-25(27)22-21-24(20-19-23-14-11-8-12-15-23)16-10-6-4-5-7-13-18-26(28)29/h8,11-12,14-16,21-22,25,27H,2-7,9-10,13,17-20H2,1H3,(H,28,29). The number of hydrogen-bond donors (Lipinski definition) is 2. The Bertz CT molecular complexity index is 589. The number of allylic oxidation sites excluding steroid dienone is 3. The summed E-state index contributed by atoms with van der Waals surface area (Å²) in [6, 6.07) is 10.5. The predicted octanol–water partition coefficient (Wildman–Crippen LogP) is 6.86. The van der Waals surface area contributed by atoms with Crippen molar-refractivity contribution in [3.05, 3.63) is 59.7 Å². The Hall–Kier alpha value is -1.87. The summed E-state index contributed by atoms with van der Waals surface area (Å²) < 4.78 is 0. The second-order valence-corrected chi connectivity index (χ2v) is 7.89. The van der Waals surface area contributed by atoms with Crippen LogP contribution in [0.3, 0.4) is 0 Å². The molecule has 1 aromatic rings. The number of aliphatic carboxylic acids is 1. The fourth-order valence-electron chi connectivity index (χ4n) is 3.36. The lowest BCUT2D eigenvalue weighted by Crippen LogP contribution is -2.01. The summed E-state index contributed by atoms with van der Waals surface area (Å²) in [6.45, 7) is 2.18.